The highest BCUT2D eigenvalue weighted by atomic mass is 19.4. The summed E-state index contributed by atoms with van der Waals surface area (Å²) in [4.78, 5) is 7.37. The Morgan fingerprint density at radius 1 is 1.47 bits per heavy atom. The molecule has 0 aliphatic rings. The molecule has 0 saturated heterocycles. The first-order valence-corrected chi connectivity index (χ1v) is 4.27. The van der Waals surface area contributed by atoms with Crippen LogP contribution < -0.4 is 11.1 Å². The van der Waals surface area contributed by atoms with E-state index in [1.165, 1.54) is 19.3 Å². The minimum atomic E-state index is -4.19. The average Bonchev–Trinajstić information content (AvgIpc) is 1.99. The van der Waals surface area contributed by atoms with E-state index in [1.807, 2.05) is 0 Å². The summed E-state index contributed by atoms with van der Waals surface area (Å²) in [6, 6.07) is 0.631. The van der Waals surface area contributed by atoms with Gasteiger partial charge in [-0.2, -0.15) is 13.2 Å². The molecule has 0 aliphatic heterocycles. The molecule has 0 aromatic carbocycles. The molecular weight excluding hydrogens is 209 g/mol. The second kappa shape index (κ2) is 4.33. The molecule has 0 amide bonds. The van der Waals surface area contributed by atoms with Gasteiger partial charge in [0.25, 0.3) is 0 Å². The quantitative estimate of drug-likeness (QED) is 0.815. The summed E-state index contributed by atoms with van der Waals surface area (Å²) in [5.41, 5.74) is 5.35. The van der Waals surface area contributed by atoms with E-state index in [-0.39, 0.29) is 5.82 Å². The number of hydrogen-bond acceptors (Lipinski definition) is 4. The van der Waals surface area contributed by atoms with E-state index in [1.54, 1.807) is 0 Å². The Labute approximate surface area is 84.7 Å². The summed E-state index contributed by atoms with van der Waals surface area (Å²) in [5.74, 6) is 0.506. The summed E-state index contributed by atoms with van der Waals surface area (Å²) >= 11 is 0. The van der Waals surface area contributed by atoms with Crippen molar-refractivity contribution in [2.24, 2.45) is 0 Å². The van der Waals surface area contributed by atoms with Crippen molar-refractivity contribution < 1.29 is 13.2 Å². The van der Waals surface area contributed by atoms with Crippen molar-refractivity contribution in [2.45, 2.75) is 25.6 Å². The Bertz CT molecular complexity index is 326. The molecule has 1 aromatic rings. The van der Waals surface area contributed by atoms with Crippen LogP contribution in [0.4, 0.5) is 24.8 Å². The third-order valence-electron chi connectivity index (χ3n) is 1.62. The van der Waals surface area contributed by atoms with E-state index >= 15 is 0 Å². The Morgan fingerprint density at radius 3 is 2.67 bits per heavy atom. The maximum absolute atomic E-state index is 12.0. The fraction of sp³-hybridized carbons (Fsp3) is 0.500. The summed E-state index contributed by atoms with van der Waals surface area (Å²) in [6.07, 6.45) is -3.92. The lowest BCUT2D eigenvalue weighted by atomic mass is 10.2. The zero-order valence-corrected chi connectivity index (χ0v) is 8.04. The van der Waals surface area contributed by atoms with Crippen LogP contribution in [-0.4, -0.2) is 22.2 Å². The van der Waals surface area contributed by atoms with Gasteiger partial charge in [-0.15, -0.1) is 0 Å². The minimum Gasteiger partial charge on any atom is -0.384 e. The van der Waals surface area contributed by atoms with Crippen LogP contribution in [0.2, 0.25) is 0 Å². The van der Waals surface area contributed by atoms with Gasteiger partial charge < -0.3 is 11.1 Å². The van der Waals surface area contributed by atoms with Crippen LogP contribution in [0.15, 0.2) is 12.4 Å². The first-order valence-electron chi connectivity index (χ1n) is 4.27. The standard InChI is InChI=1S/C8H11F3N4/c1-5(3-8(9,10)11)15-7-2-6(12)13-4-14-7/h2,4-5H,3H2,1H3,(H3,12,13,14,15). The number of rotatable bonds is 3. The smallest absolute Gasteiger partial charge is 0.384 e. The van der Waals surface area contributed by atoms with Crippen LogP contribution in [0.25, 0.3) is 0 Å². The van der Waals surface area contributed by atoms with E-state index in [9.17, 15) is 13.2 Å². The summed E-state index contributed by atoms with van der Waals surface area (Å²) in [7, 11) is 0. The molecule has 0 bridgehead atoms. The third-order valence-corrected chi connectivity index (χ3v) is 1.62. The lowest BCUT2D eigenvalue weighted by molar-refractivity contribution is -0.136. The number of halogens is 3. The third kappa shape index (κ3) is 4.48. The number of nitrogen functional groups attached to an aromatic ring is 1. The van der Waals surface area contributed by atoms with Crippen LogP contribution in [0.3, 0.4) is 0 Å². The van der Waals surface area contributed by atoms with Crippen molar-refractivity contribution in [3.05, 3.63) is 12.4 Å². The van der Waals surface area contributed by atoms with E-state index in [4.69, 9.17) is 5.73 Å². The van der Waals surface area contributed by atoms with Gasteiger partial charge in [-0.05, 0) is 6.92 Å². The molecule has 7 heteroatoms. The summed E-state index contributed by atoms with van der Waals surface area (Å²) < 4.78 is 36.0. The monoisotopic (exact) mass is 220 g/mol. The van der Waals surface area contributed by atoms with Crippen LogP contribution in [0.1, 0.15) is 13.3 Å². The first-order chi connectivity index (χ1) is 6.87. The number of nitrogens with two attached hydrogens (primary N) is 1. The molecule has 0 fully saturated rings. The number of anilines is 2. The number of hydrogen-bond donors (Lipinski definition) is 2. The molecule has 3 N–H and O–H groups in total. The highest BCUT2D eigenvalue weighted by Crippen LogP contribution is 2.22. The SMILES string of the molecule is CC(CC(F)(F)F)Nc1cc(N)ncn1. The molecule has 84 valence electrons. The van der Waals surface area contributed by atoms with Gasteiger partial charge >= 0.3 is 6.18 Å². The molecule has 0 aliphatic carbocycles. The second-order valence-corrected chi connectivity index (χ2v) is 3.19. The molecule has 0 radical (unpaired) electrons. The molecule has 1 rings (SSSR count). The maximum atomic E-state index is 12.0. The Kier molecular flexibility index (Phi) is 3.33. The normalized spacial score (nSPS) is 13.6. The summed E-state index contributed by atoms with van der Waals surface area (Å²) in [6.45, 7) is 1.42. The number of nitrogens with zero attached hydrogens (tertiary/aromatic N) is 2. The second-order valence-electron chi connectivity index (χ2n) is 3.19. The van der Waals surface area contributed by atoms with E-state index in [0.29, 0.717) is 5.82 Å². The highest BCUT2D eigenvalue weighted by molar-refractivity contribution is 5.43. The lowest BCUT2D eigenvalue weighted by Gasteiger charge is -2.16. The zero-order valence-electron chi connectivity index (χ0n) is 8.04. The van der Waals surface area contributed by atoms with Gasteiger partial charge in [0.05, 0.1) is 6.42 Å². The Balaban J connectivity index is 2.55. The number of nitrogens with one attached hydrogen (secondary N) is 1. The summed E-state index contributed by atoms with van der Waals surface area (Å²) in [5, 5.41) is 2.59. The average molecular weight is 220 g/mol. The highest BCUT2D eigenvalue weighted by Gasteiger charge is 2.29. The molecule has 0 spiro atoms. The van der Waals surface area contributed by atoms with Gasteiger partial charge in [0.1, 0.15) is 18.0 Å². The Hall–Kier alpha value is -1.53. The molecule has 1 heterocycles. The first kappa shape index (κ1) is 11.5. The zero-order chi connectivity index (χ0) is 11.5. The van der Waals surface area contributed by atoms with Crippen LogP contribution in [0, 0.1) is 0 Å². The van der Waals surface area contributed by atoms with Crippen molar-refractivity contribution in [3.63, 3.8) is 0 Å². The topological polar surface area (TPSA) is 63.8 Å². The molecular formula is C8H11F3N4. The molecule has 1 unspecified atom stereocenters. The lowest BCUT2D eigenvalue weighted by Crippen LogP contribution is -2.24. The van der Waals surface area contributed by atoms with Crippen molar-refractivity contribution in [1.29, 1.82) is 0 Å². The van der Waals surface area contributed by atoms with Gasteiger partial charge in [0, 0.05) is 12.1 Å². The van der Waals surface area contributed by atoms with Gasteiger partial charge in [-0.25, -0.2) is 9.97 Å². The van der Waals surface area contributed by atoms with Crippen LogP contribution in [0.5, 0.6) is 0 Å². The number of aromatic nitrogens is 2. The van der Waals surface area contributed by atoms with Crippen molar-refractivity contribution in [1.82, 2.24) is 9.97 Å². The van der Waals surface area contributed by atoms with Crippen LogP contribution >= 0.6 is 0 Å². The van der Waals surface area contributed by atoms with Gasteiger partial charge in [0.2, 0.25) is 0 Å². The predicted octanol–water partition coefficient (Wildman–Crippen LogP) is 1.81. The molecule has 4 nitrogen and oxygen atoms in total. The van der Waals surface area contributed by atoms with Crippen molar-refractivity contribution >= 4 is 11.6 Å². The maximum Gasteiger partial charge on any atom is 0.391 e. The Morgan fingerprint density at radius 2 is 2.13 bits per heavy atom. The largest absolute Gasteiger partial charge is 0.391 e. The fourth-order valence-electron chi connectivity index (χ4n) is 1.10. The van der Waals surface area contributed by atoms with E-state index < -0.39 is 18.6 Å². The van der Waals surface area contributed by atoms with Gasteiger partial charge in [0.15, 0.2) is 0 Å². The number of alkyl halides is 3. The molecule has 1 aromatic heterocycles. The van der Waals surface area contributed by atoms with Gasteiger partial charge in [-0.1, -0.05) is 0 Å². The molecule has 15 heavy (non-hydrogen) atoms. The van der Waals surface area contributed by atoms with Gasteiger partial charge in [-0.3, -0.25) is 0 Å². The van der Waals surface area contributed by atoms with E-state index in [2.05, 4.69) is 15.3 Å². The van der Waals surface area contributed by atoms with Crippen molar-refractivity contribution in [2.75, 3.05) is 11.1 Å². The fourth-order valence-corrected chi connectivity index (χ4v) is 1.10. The van der Waals surface area contributed by atoms with Crippen molar-refractivity contribution in [3.8, 4) is 0 Å². The molecule has 0 saturated carbocycles. The minimum absolute atomic E-state index is 0.215. The van der Waals surface area contributed by atoms with E-state index in [0.717, 1.165) is 0 Å². The van der Waals surface area contributed by atoms with Crippen LogP contribution in [-0.2, 0) is 0 Å². The molecule has 1 atom stereocenters. The predicted molar refractivity (Wildman–Crippen MR) is 50.2 cm³/mol.